The first kappa shape index (κ1) is 14.1. The van der Waals surface area contributed by atoms with Crippen molar-refractivity contribution in [2.24, 2.45) is 4.99 Å². The smallest absolute Gasteiger partial charge is 0.248 e. The van der Waals surface area contributed by atoms with Crippen LogP contribution in [0.25, 0.3) is 11.0 Å². The van der Waals surface area contributed by atoms with Crippen molar-refractivity contribution < 1.29 is 4.79 Å². The highest BCUT2D eigenvalue weighted by molar-refractivity contribution is 5.78. The van der Waals surface area contributed by atoms with Gasteiger partial charge in [0.15, 0.2) is 0 Å². The lowest BCUT2D eigenvalue weighted by Gasteiger charge is -2.01. The van der Waals surface area contributed by atoms with Gasteiger partial charge >= 0.3 is 0 Å². The Morgan fingerprint density at radius 3 is 2.05 bits per heavy atom. The van der Waals surface area contributed by atoms with Gasteiger partial charge in [-0.2, -0.15) is 4.99 Å². The summed E-state index contributed by atoms with van der Waals surface area (Å²) in [5, 5.41) is 0. The van der Waals surface area contributed by atoms with Crippen molar-refractivity contribution >= 4 is 16.9 Å². The molecule has 20 heavy (non-hydrogen) atoms. The first-order chi connectivity index (χ1) is 9.72. The molecule has 104 valence electrons. The summed E-state index contributed by atoms with van der Waals surface area (Å²) in [5.41, 5.74) is 2.73. The molecule has 0 fully saturated rings. The van der Waals surface area contributed by atoms with Crippen LogP contribution >= 0.6 is 0 Å². The fourth-order valence-electron chi connectivity index (χ4n) is 2.21. The van der Waals surface area contributed by atoms with Crippen LogP contribution in [-0.4, -0.2) is 15.0 Å². The van der Waals surface area contributed by atoms with Crippen molar-refractivity contribution in [1.82, 2.24) is 9.13 Å². The highest BCUT2D eigenvalue weighted by atomic mass is 16.1. The summed E-state index contributed by atoms with van der Waals surface area (Å²) in [6.45, 7) is 10.6. The average Bonchev–Trinajstić information content (AvgIpc) is 2.75. The maximum atomic E-state index is 11.7. The predicted molar refractivity (Wildman–Crippen MR) is 81.2 cm³/mol. The standard InChI is InChI=1S/C16H19N3O/c1-4-11-18-13-9-7-8-10-14(13)19(12-5-2)16(18)17-15(20)6-3/h4-5,7-10H,1-2,6,11-12H2,3H3. The molecule has 1 aromatic heterocycles. The minimum Gasteiger partial charge on any atom is -0.306 e. The van der Waals surface area contributed by atoms with E-state index >= 15 is 0 Å². The van der Waals surface area contributed by atoms with Gasteiger partial charge in [0.25, 0.3) is 0 Å². The number of carbonyl (C=O) groups is 1. The lowest BCUT2D eigenvalue weighted by molar-refractivity contribution is -0.117. The van der Waals surface area contributed by atoms with Crippen molar-refractivity contribution in [2.45, 2.75) is 26.4 Å². The Kier molecular flexibility index (Phi) is 4.35. The third-order valence-electron chi connectivity index (χ3n) is 3.10. The first-order valence-corrected chi connectivity index (χ1v) is 6.70. The van der Waals surface area contributed by atoms with Crippen molar-refractivity contribution in [3.05, 3.63) is 55.2 Å². The van der Waals surface area contributed by atoms with E-state index in [0.29, 0.717) is 25.1 Å². The molecule has 0 saturated carbocycles. The molecule has 0 radical (unpaired) electrons. The van der Waals surface area contributed by atoms with E-state index in [1.807, 2.05) is 40.3 Å². The van der Waals surface area contributed by atoms with E-state index in [1.54, 1.807) is 12.2 Å². The molecule has 1 amide bonds. The van der Waals surface area contributed by atoms with Gasteiger partial charge in [-0.15, -0.1) is 13.2 Å². The maximum Gasteiger partial charge on any atom is 0.248 e. The second-order valence-electron chi connectivity index (χ2n) is 4.45. The van der Waals surface area contributed by atoms with Gasteiger partial charge in [-0.05, 0) is 12.1 Å². The number of para-hydroxylation sites is 2. The molecule has 0 unspecified atom stereocenters. The van der Waals surface area contributed by atoms with Crippen molar-refractivity contribution in [1.29, 1.82) is 0 Å². The normalized spacial score (nSPS) is 10.4. The van der Waals surface area contributed by atoms with Gasteiger partial charge in [-0.1, -0.05) is 31.2 Å². The molecule has 4 nitrogen and oxygen atoms in total. The molecule has 0 aliphatic rings. The average molecular weight is 269 g/mol. The highest BCUT2D eigenvalue weighted by Gasteiger charge is 2.10. The molecule has 0 aliphatic heterocycles. The van der Waals surface area contributed by atoms with Gasteiger partial charge in [0, 0.05) is 19.5 Å². The van der Waals surface area contributed by atoms with Gasteiger partial charge in [0.2, 0.25) is 11.5 Å². The zero-order valence-corrected chi connectivity index (χ0v) is 11.7. The van der Waals surface area contributed by atoms with Crippen LogP contribution in [-0.2, 0) is 17.9 Å². The third-order valence-corrected chi connectivity index (χ3v) is 3.10. The number of hydrogen-bond donors (Lipinski definition) is 0. The fraction of sp³-hybridized carbons (Fsp3) is 0.250. The minimum atomic E-state index is -0.129. The minimum absolute atomic E-state index is 0.129. The van der Waals surface area contributed by atoms with Crippen LogP contribution in [0.1, 0.15) is 13.3 Å². The molecule has 0 saturated heterocycles. The number of carbonyl (C=O) groups excluding carboxylic acids is 1. The van der Waals surface area contributed by atoms with Gasteiger partial charge in [0.1, 0.15) is 0 Å². The second-order valence-corrected chi connectivity index (χ2v) is 4.45. The van der Waals surface area contributed by atoms with Crippen molar-refractivity contribution in [2.75, 3.05) is 0 Å². The summed E-state index contributed by atoms with van der Waals surface area (Å²) in [6, 6.07) is 8.00. The van der Waals surface area contributed by atoms with E-state index < -0.39 is 0 Å². The van der Waals surface area contributed by atoms with Crippen LogP contribution in [0.15, 0.2) is 54.6 Å². The molecule has 0 aliphatic carbocycles. The van der Waals surface area contributed by atoms with Crippen LogP contribution in [0, 0.1) is 0 Å². The summed E-state index contributed by atoms with van der Waals surface area (Å²) >= 11 is 0. The number of allylic oxidation sites excluding steroid dienone is 2. The number of hydrogen-bond acceptors (Lipinski definition) is 1. The van der Waals surface area contributed by atoms with E-state index in [-0.39, 0.29) is 5.91 Å². The lowest BCUT2D eigenvalue weighted by Crippen LogP contribution is -2.27. The third kappa shape index (κ3) is 2.50. The molecule has 0 N–H and O–H groups in total. The van der Waals surface area contributed by atoms with Gasteiger partial charge in [-0.3, -0.25) is 4.79 Å². The summed E-state index contributed by atoms with van der Waals surface area (Å²) in [5.74, 6) is -0.129. The number of rotatable bonds is 5. The summed E-state index contributed by atoms with van der Waals surface area (Å²) in [7, 11) is 0. The molecule has 0 spiro atoms. The second kappa shape index (κ2) is 6.19. The highest BCUT2D eigenvalue weighted by Crippen LogP contribution is 2.13. The molecule has 4 heteroatoms. The zero-order chi connectivity index (χ0) is 14.5. The number of nitrogens with zero attached hydrogens (tertiary/aromatic N) is 3. The number of amides is 1. The largest absolute Gasteiger partial charge is 0.306 e. The van der Waals surface area contributed by atoms with Crippen LogP contribution < -0.4 is 5.62 Å². The molecule has 0 bridgehead atoms. The number of benzene rings is 1. The van der Waals surface area contributed by atoms with E-state index in [0.717, 1.165) is 11.0 Å². The van der Waals surface area contributed by atoms with Gasteiger partial charge in [-0.25, -0.2) is 0 Å². The van der Waals surface area contributed by atoms with Crippen molar-refractivity contribution in [3.63, 3.8) is 0 Å². The van der Waals surface area contributed by atoms with Crippen LogP contribution in [0.2, 0.25) is 0 Å². The quantitative estimate of drug-likeness (QED) is 0.769. The monoisotopic (exact) mass is 269 g/mol. The van der Waals surface area contributed by atoms with E-state index in [2.05, 4.69) is 18.2 Å². The Morgan fingerprint density at radius 2 is 1.65 bits per heavy atom. The van der Waals surface area contributed by atoms with E-state index in [1.165, 1.54) is 0 Å². The van der Waals surface area contributed by atoms with Crippen LogP contribution in [0.4, 0.5) is 0 Å². The SMILES string of the molecule is C=CCn1c(=NC(=O)CC)n(CC=C)c2ccccc21. The Morgan fingerprint density at radius 1 is 1.15 bits per heavy atom. The van der Waals surface area contributed by atoms with E-state index in [4.69, 9.17) is 0 Å². The van der Waals surface area contributed by atoms with Gasteiger partial charge in [0.05, 0.1) is 11.0 Å². The molecule has 0 atom stereocenters. The van der Waals surface area contributed by atoms with Crippen molar-refractivity contribution in [3.8, 4) is 0 Å². The number of aromatic nitrogens is 2. The zero-order valence-electron chi connectivity index (χ0n) is 11.7. The lowest BCUT2D eigenvalue weighted by atomic mass is 10.3. The Bertz CT molecular complexity index is 669. The summed E-state index contributed by atoms with van der Waals surface area (Å²) < 4.78 is 4.00. The summed E-state index contributed by atoms with van der Waals surface area (Å²) in [6.07, 6.45) is 4.00. The van der Waals surface area contributed by atoms with Crippen LogP contribution in [0.5, 0.6) is 0 Å². The molecule has 2 aromatic rings. The predicted octanol–water partition coefficient (Wildman–Crippen LogP) is 2.65. The number of imidazole rings is 1. The molecule has 1 aromatic carbocycles. The summed E-state index contributed by atoms with van der Waals surface area (Å²) in [4.78, 5) is 16.0. The Hall–Kier alpha value is -2.36. The maximum absolute atomic E-state index is 11.7. The first-order valence-electron chi connectivity index (χ1n) is 6.70. The molecule has 2 rings (SSSR count). The molecular formula is C16H19N3O. The topological polar surface area (TPSA) is 39.3 Å². The Balaban J connectivity index is 2.85. The molecular weight excluding hydrogens is 250 g/mol. The fourth-order valence-corrected chi connectivity index (χ4v) is 2.21. The number of fused-ring (bicyclic) bond motifs is 1. The van der Waals surface area contributed by atoms with E-state index in [9.17, 15) is 4.79 Å². The van der Waals surface area contributed by atoms with Gasteiger partial charge < -0.3 is 9.13 Å². The Labute approximate surface area is 118 Å². The van der Waals surface area contributed by atoms with Crippen LogP contribution in [0.3, 0.4) is 0 Å². The molecule has 1 heterocycles.